The van der Waals surface area contributed by atoms with Crippen LogP contribution in [0.5, 0.6) is 0 Å². The summed E-state index contributed by atoms with van der Waals surface area (Å²) < 4.78 is 0. The number of carboxylic acids is 1. The van der Waals surface area contributed by atoms with Crippen LogP contribution in [0.4, 0.5) is 0 Å². The SMILES string of the molecule is Cc1ccc(C(CC(C)(C)C(=O)O)N(C)C)c(C)c1. The van der Waals surface area contributed by atoms with Crippen LogP contribution in [-0.2, 0) is 4.79 Å². The number of hydrogen-bond acceptors (Lipinski definition) is 2. The highest BCUT2D eigenvalue weighted by Crippen LogP contribution is 2.34. The number of rotatable bonds is 5. The molecule has 0 saturated heterocycles. The highest BCUT2D eigenvalue weighted by molar-refractivity contribution is 5.73. The van der Waals surface area contributed by atoms with Gasteiger partial charge in [0, 0.05) is 6.04 Å². The van der Waals surface area contributed by atoms with Crippen molar-refractivity contribution in [2.75, 3.05) is 14.1 Å². The zero-order chi connectivity index (χ0) is 14.8. The molecule has 1 unspecified atom stereocenters. The Kier molecular flexibility index (Phi) is 4.75. The van der Waals surface area contributed by atoms with E-state index in [2.05, 4.69) is 36.9 Å². The van der Waals surface area contributed by atoms with E-state index in [1.807, 2.05) is 14.1 Å². The molecule has 1 aromatic carbocycles. The van der Waals surface area contributed by atoms with Crippen LogP contribution in [0, 0.1) is 19.3 Å². The summed E-state index contributed by atoms with van der Waals surface area (Å²) in [6.45, 7) is 7.74. The third-order valence-corrected chi connectivity index (χ3v) is 3.69. The molecule has 0 heterocycles. The molecule has 1 atom stereocenters. The number of carboxylic acid groups (broad SMARTS) is 1. The van der Waals surface area contributed by atoms with Gasteiger partial charge in [-0.3, -0.25) is 4.79 Å². The lowest BCUT2D eigenvalue weighted by atomic mass is 9.82. The third kappa shape index (κ3) is 3.80. The maximum Gasteiger partial charge on any atom is 0.309 e. The molecular weight excluding hydrogens is 238 g/mol. The third-order valence-electron chi connectivity index (χ3n) is 3.69. The molecule has 0 spiro atoms. The minimum Gasteiger partial charge on any atom is -0.481 e. The second kappa shape index (κ2) is 5.74. The van der Waals surface area contributed by atoms with Crippen molar-refractivity contribution in [2.24, 2.45) is 5.41 Å². The van der Waals surface area contributed by atoms with Crippen LogP contribution in [0.1, 0.15) is 43.0 Å². The summed E-state index contributed by atoms with van der Waals surface area (Å²) in [7, 11) is 4.00. The normalized spacial score (nSPS) is 13.6. The molecule has 0 aliphatic rings. The van der Waals surface area contributed by atoms with Gasteiger partial charge in [-0.05, 0) is 59.3 Å². The highest BCUT2D eigenvalue weighted by atomic mass is 16.4. The molecule has 0 bridgehead atoms. The van der Waals surface area contributed by atoms with E-state index in [4.69, 9.17) is 0 Å². The largest absolute Gasteiger partial charge is 0.481 e. The first kappa shape index (κ1) is 15.7. The van der Waals surface area contributed by atoms with Crippen molar-refractivity contribution in [2.45, 2.75) is 40.2 Å². The monoisotopic (exact) mass is 263 g/mol. The Balaban J connectivity index is 3.11. The fraction of sp³-hybridized carbons (Fsp3) is 0.562. The van der Waals surface area contributed by atoms with Crippen LogP contribution in [0.15, 0.2) is 18.2 Å². The van der Waals surface area contributed by atoms with E-state index in [9.17, 15) is 9.90 Å². The predicted octanol–water partition coefficient (Wildman–Crippen LogP) is 3.41. The molecule has 1 N–H and O–H groups in total. The highest BCUT2D eigenvalue weighted by Gasteiger charge is 2.32. The summed E-state index contributed by atoms with van der Waals surface area (Å²) in [5.41, 5.74) is 2.94. The standard InChI is InChI=1S/C16H25NO2/c1-11-7-8-13(12(2)9-11)14(17(5)6)10-16(3,4)15(18)19/h7-9,14H,10H2,1-6H3,(H,18,19). The summed E-state index contributed by atoms with van der Waals surface area (Å²) in [5.74, 6) is -0.746. The fourth-order valence-electron chi connectivity index (χ4n) is 2.34. The van der Waals surface area contributed by atoms with Crippen molar-refractivity contribution in [3.05, 3.63) is 34.9 Å². The molecule has 0 aromatic heterocycles. The molecule has 0 aliphatic carbocycles. The molecule has 3 nitrogen and oxygen atoms in total. The van der Waals surface area contributed by atoms with Gasteiger partial charge >= 0.3 is 5.97 Å². The number of carbonyl (C=O) groups is 1. The Bertz CT molecular complexity index is 464. The van der Waals surface area contributed by atoms with E-state index >= 15 is 0 Å². The van der Waals surface area contributed by atoms with Crippen molar-refractivity contribution < 1.29 is 9.90 Å². The smallest absolute Gasteiger partial charge is 0.309 e. The van der Waals surface area contributed by atoms with Crippen LogP contribution in [0.25, 0.3) is 0 Å². The van der Waals surface area contributed by atoms with Gasteiger partial charge in [0.2, 0.25) is 0 Å². The van der Waals surface area contributed by atoms with Gasteiger partial charge in [0.05, 0.1) is 5.41 Å². The van der Waals surface area contributed by atoms with Crippen molar-refractivity contribution in [3.8, 4) is 0 Å². The predicted molar refractivity (Wildman–Crippen MR) is 78.4 cm³/mol. The number of aryl methyl sites for hydroxylation is 2. The van der Waals surface area contributed by atoms with E-state index < -0.39 is 11.4 Å². The molecule has 106 valence electrons. The number of aliphatic carboxylic acids is 1. The number of hydrogen-bond donors (Lipinski definition) is 1. The average molecular weight is 263 g/mol. The molecule has 0 amide bonds. The van der Waals surface area contributed by atoms with Gasteiger partial charge < -0.3 is 10.0 Å². The Hall–Kier alpha value is -1.35. The zero-order valence-corrected chi connectivity index (χ0v) is 12.8. The lowest BCUT2D eigenvalue weighted by Gasteiger charge is -2.32. The van der Waals surface area contributed by atoms with Gasteiger partial charge in [0.15, 0.2) is 0 Å². The van der Waals surface area contributed by atoms with Crippen LogP contribution in [0.3, 0.4) is 0 Å². The van der Waals surface area contributed by atoms with Crippen LogP contribution in [-0.4, -0.2) is 30.1 Å². The molecule has 0 saturated carbocycles. The molecule has 0 radical (unpaired) electrons. The topological polar surface area (TPSA) is 40.5 Å². The Morgan fingerprint density at radius 1 is 1.32 bits per heavy atom. The molecule has 0 aliphatic heterocycles. The van der Waals surface area contributed by atoms with Crippen molar-refractivity contribution >= 4 is 5.97 Å². The van der Waals surface area contributed by atoms with Gasteiger partial charge in [-0.1, -0.05) is 23.8 Å². The molecular formula is C16H25NO2. The second-order valence-corrected chi connectivity index (χ2v) is 6.23. The zero-order valence-electron chi connectivity index (χ0n) is 12.8. The van der Waals surface area contributed by atoms with E-state index in [1.165, 1.54) is 16.7 Å². The van der Waals surface area contributed by atoms with Crippen molar-refractivity contribution in [1.29, 1.82) is 0 Å². The Labute approximate surface area is 116 Å². The molecule has 3 heteroatoms. The van der Waals surface area contributed by atoms with Crippen LogP contribution in [0.2, 0.25) is 0 Å². The fourth-order valence-corrected chi connectivity index (χ4v) is 2.34. The lowest BCUT2D eigenvalue weighted by molar-refractivity contribution is -0.148. The first-order chi connectivity index (χ1) is 8.65. The van der Waals surface area contributed by atoms with Gasteiger partial charge in [0.25, 0.3) is 0 Å². The minimum absolute atomic E-state index is 0.117. The summed E-state index contributed by atoms with van der Waals surface area (Å²) in [6.07, 6.45) is 0.596. The number of benzene rings is 1. The summed E-state index contributed by atoms with van der Waals surface area (Å²) in [4.78, 5) is 13.4. The summed E-state index contributed by atoms with van der Waals surface area (Å²) >= 11 is 0. The molecule has 0 fully saturated rings. The maximum absolute atomic E-state index is 11.3. The quantitative estimate of drug-likeness (QED) is 0.885. The Morgan fingerprint density at radius 3 is 2.32 bits per heavy atom. The van der Waals surface area contributed by atoms with E-state index in [0.29, 0.717) is 6.42 Å². The lowest BCUT2D eigenvalue weighted by Crippen LogP contribution is -2.31. The summed E-state index contributed by atoms with van der Waals surface area (Å²) in [6, 6.07) is 6.48. The summed E-state index contributed by atoms with van der Waals surface area (Å²) in [5, 5.41) is 9.31. The van der Waals surface area contributed by atoms with Gasteiger partial charge in [-0.2, -0.15) is 0 Å². The van der Waals surface area contributed by atoms with E-state index in [-0.39, 0.29) is 6.04 Å². The average Bonchev–Trinajstić information content (AvgIpc) is 2.26. The van der Waals surface area contributed by atoms with Gasteiger partial charge in [0.1, 0.15) is 0 Å². The Morgan fingerprint density at radius 2 is 1.89 bits per heavy atom. The van der Waals surface area contributed by atoms with Gasteiger partial charge in [-0.15, -0.1) is 0 Å². The van der Waals surface area contributed by atoms with Crippen LogP contribution >= 0.6 is 0 Å². The minimum atomic E-state index is -0.746. The first-order valence-electron chi connectivity index (χ1n) is 6.62. The molecule has 19 heavy (non-hydrogen) atoms. The van der Waals surface area contributed by atoms with E-state index in [0.717, 1.165) is 0 Å². The van der Waals surface area contributed by atoms with Crippen molar-refractivity contribution in [1.82, 2.24) is 4.90 Å². The van der Waals surface area contributed by atoms with Gasteiger partial charge in [-0.25, -0.2) is 0 Å². The molecule has 1 aromatic rings. The second-order valence-electron chi connectivity index (χ2n) is 6.23. The number of nitrogens with zero attached hydrogens (tertiary/aromatic N) is 1. The van der Waals surface area contributed by atoms with Crippen molar-refractivity contribution in [3.63, 3.8) is 0 Å². The first-order valence-corrected chi connectivity index (χ1v) is 6.62. The van der Waals surface area contributed by atoms with E-state index in [1.54, 1.807) is 13.8 Å². The maximum atomic E-state index is 11.3. The molecule has 1 rings (SSSR count). The van der Waals surface area contributed by atoms with Crippen LogP contribution < -0.4 is 0 Å².